The summed E-state index contributed by atoms with van der Waals surface area (Å²) in [7, 11) is -4.12. The molecule has 11 heteroatoms. The average Bonchev–Trinajstić information content (AvgIpc) is 2.77. The molecule has 0 radical (unpaired) electrons. The standard InChI is InChI=1S/C23H18Cl2FNO6S/c1-13-5-7-16(8-6-13)34(30,31)32-12-15-11-27(23(28)29)20-10-14(26)9-17(22(20)33-15)21-18(24)3-2-4-19(21)25/h2-10,15H,11-12H2,1H3,(H,28,29). The summed E-state index contributed by atoms with van der Waals surface area (Å²) < 4.78 is 50.7. The Morgan fingerprint density at radius 1 is 1.18 bits per heavy atom. The number of benzene rings is 3. The predicted molar refractivity (Wildman–Crippen MR) is 126 cm³/mol. The normalized spacial score (nSPS) is 15.5. The number of halogens is 3. The van der Waals surface area contributed by atoms with Crippen molar-refractivity contribution in [2.45, 2.75) is 17.9 Å². The molecular weight excluding hydrogens is 508 g/mol. The summed E-state index contributed by atoms with van der Waals surface area (Å²) in [5, 5.41) is 10.1. The van der Waals surface area contributed by atoms with Crippen molar-refractivity contribution in [3.63, 3.8) is 0 Å². The van der Waals surface area contributed by atoms with E-state index < -0.39 is 34.7 Å². The Morgan fingerprint density at radius 2 is 1.82 bits per heavy atom. The highest BCUT2D eigenvalue weighted by atomic mass is 35.5. The molecule has 0 saturated carbocycles. The van der Waals surface area contributed by atoms with Gasteiger partial charge < -0.3 is 9.84 Å². The molecule has 34 heavy (non-hydrogen) atoms. The van der Waals surface area contributed by atoms with Crippen molar-refractivity contribution in [2.24, 2.45) is 0 Å². The third-order valence-corrected chi connectivity index (χ3v) is 7.10. The number of carboxylic acid groups (broad SMARTS) is 1. The first-order chi connectivity index (χ1) is 16.1. The van der Waals surface area contributed by atoms with Crippen molar-refractivity contribution >= 4 is 45.1 Å². The number of hydrogen-bond donors (Lipinski definition) is 1. The molecule has 0 aromatic heterocycles. The minimum Gasteiger partial charge on any atom is -0.483 e. The lowest BCUT2D eigenvalue weighted by Gasteiger charge is -2.34. The molecule has 1 unspecified atom stereocenters. The first kappa shape index (κ1) is 24.3. The van der Waals surface area contributed by atoms with Crippen molar-refractivity contribution in [3.8, 4) is 16.9 Å². The zero-order chi connectivity index (χ0) is 24.6. The Bertz CT molecular complexity index is 1340. The number of ether oxygens (including phenoxy) is 1. The van der Waals surface area contributed by atoms with Gasteiger partial charge >= 0.3 is 6.09 Å². The zero-order valence-corrected chi connectivity index (χ0v) is 20.0. The van der Waals surface area contributed by atoms with Crippen molar-refractivity contribution < 1.29 is 31.6 Å². The van der Waals surface area contributed by atoms with Crippen molar-refractivity contribution in [2.75, 3.05) is 18.1 Å². The molecule has 0 spiro atoms. The second-order valence-corrected chi connectivity index (χ2v) is 10.0. The van der Waals surface area contributed by atoms with Crippen LogP contribution >= 0.6 is 23.2 Å². The molecule has 4 rings (SSSR count). The summed E-state index contributed by atoms with van der Waals surface area (Å²) >= 11 is 12.6. The molecule has 1 atom stereocenters. The second kappa shape index (κ2) is 9.42. The van der Waals surface area contributed by atoms with E-state index in [0.717, 1.165) is 22.6 Å². The van der Waals surface area contributed by atoms with E-state index in [1.165, 1.54) is 12.1 Å². The van der Waals surface area contributed by atoms with Crippen LogP contribution in [0, 0.1) is 12.7 Å². The number of anilines is 1. The third kappa shape index (κ3) is 4.83. The molecular formula is C23H18Cl2FNO6S. The van der Waals surface area contributed by atoms with Crippen LogP contribution in [0.1, 0.15) is 5.56 Å². The fourth-order valence-corrected chi connectivity index (χ4v) is 5.09. The van der Waals surface area contributed by atoms with Crippen molar-refractivity contribution in [1.82, 2.24) is 0 Å². The lowest BCUT2D eigenvalue weighted by molar-refractivity contribution is 0.125. The van der Waals surface area contributed by atoms with Crippen LogP contribution in [-0.2, 0) is 14.3 Å². The Labute approximate surface area is 205 Å². The monoisotopic (exact) mass is 525 g/mol. The van der Waals surface area contributed by atoms with E-state index in [0.29, 0.717) is 0 Å². The molecule has 1 amide bonds. The molecule has 0 bridgehead atoms. The van der Waals surface area contributed by atoms with Gasteiger partial charge in [0.25, 0.3) is 10.1 Å². The number of amides is 1. The van der Waals surface area contributed by atoms with Gasteiger partial charge in [-0.25, -0.2) is 9.18 Å². The maximum Gasteiger partial charge on any atom is 0.412 e. The van der Waals surface area contributed by atoms with Crippen molar-refractivity contribution in [1.29, 1.82) is 0 Å². The lowest BCUT2D eigenvalue weighted by Crippen LogP contribution is -2.45. The minimum absolute atomic E-state index is 0.00798. The third-order valence-electron chi connectivity index (χ3n) is 5.18. The largest absolute Gasteiger partial charge is 0.483 e. The summed E-state index contributed by atoms with van der Waals surface area (Å²) in [5.74, 6) is -0.734. The predicted octanol–water partition coefficient (Wildman–Crippen LogP) is 5.76. The van der Waals surface area contributed by atoms with Gasteiger partial charge in [0.05, 0.1) is 27.2 Å². The van der Waals surface area contributed by atoms with Gasteiger partial charge in [0.2, 0.25) is 0 Å². The van der Waals surface area contributed by atoms with Crippen LogP contribution < -0.4 is 9.64 Å². The van der Waals surface area contributed by atoms with Crippen LogP contribution in [0.2, 0.25) is 10.0 Å². The maximum absolute atomic E-state index is 14.5. The Kier molecular flexibility index (Phi) is 6.73. The number of hydrogen-bond acceptors (Lipinski definition) is 5. The number of fused-ring (bicyclic) bond motifs is 1. The topological polar surface area (TPSA) is 93.1 Å². The van der Waals surface area contributed by atoms with Crippen LogP contribution in [0.4, 0.5) is 14.9 Å². The van der Waals surface area contributed by atoms with Crippen LogP contribution in [0.15, 0.2) is 59.5 Å². The second-order valence-electron chi connectivity index (χ2n) is 7.58. The van der Waals surface area contributed by atoms with Gasteiger partial charge in [0.1, 0.15) is 18.5 Å². The van der Waals surface area contributed by atoms with E-state index in [1.54, 1.807) is 30.3 Å². The van der Waals surface area contributed by atoms with Gasteiger partial charge in [0.15, 0.2) is 5.75 Å². The SMILES string of the molecule is Cc1ccc(S(=O)(=O)OCC2CN(C(=O)O)c3cc(F)cc(-c4c(Cl)cccc4Cl)c3O2)cc1. The molecule has 1 aliphatic heterocycles. The van der Waals surface area contributed by atoms with Gasteiger partial charge in [-0.3, -0.25) is 9.08 Å². The molecule has 0 saturated heterocycles. The quantitative estimate of drug-likeness (QED) is 0.425. The summed E-state index contributed by atoms with van der Waals surface area (Å²) in [6.45, 7) is 1.05. The molecule has 0 aliphatic carbocycles. The summed E-state index contributed by atoms with van der Waals surface area (Å²) in [5.41, 5.74) is 1.20. The van der Waals surface area contributed by atoms with E-state index >= 15 is 0 Å². The Hall–Kier alpha value is -2.85. The van der Waals surface area contributed by atoms with Gasteiger partial charge in [-0.1, -0.05) is 47.0 Å². The number of carbonyl (C=O) groups is 1. The molecule has 1 N–H and O–H groups in total. The number of rotatable bonds is 5. The molecule has 178 valence electrons. The zero-order valence-electron chi connectivity index (χ0n) is 17.7. The summed E-state index contributed by atoms with van der Waals surface area (Å²) in [6, 6.07) is 12.9. The van der Waals surface area contributed by atoms with E-state index in [4.69, 9.17) is 32.1 Å². The van der Waals surface area contributed by atoms with Gasteiger partial charge in [-0.05, 0) is 37.3 Å². The highest BCUT2D eigenvalue weighted by molar-refractivity contribution is 7.86. The minimum atomic E-state index is -4.12. The Morgan fingerprint density at radius 3 is 2.44 bits per heavy atom. The Balaban J connectivity index is 1.70. The smallest absolute Gasteiger partial charge is 0.412 e. The van der Waals surface area contributed by atoms with E-state index in [1.807, 2.05) is 6.92 Å². The van der Waals surface area contributed by atoms with E-state index in [-0.39, 0.29) is 44.0 Å². The first-order valence-electron chi connectivity index (χ1n) is 9.98. The highest BCUT2D eigenvalue weighted by Gasteiger charge is 2.34. The van der Waals surface area contributed by atoms with Crippen LogP contribution in [0.3, 0.4) is 0 Å². The first-order valence-corrected chi connectivity index (χ1v) is 12.1. The van der Waals surface area contributed by atoms with Crippen LogP contribution in [0.5, 0.6) is 5.75 Å². The van der Waals surface area contributed by atoms with Crippen LogP contribution in [-0.4, -0.2) is 38.9 Å². The fourth-order valence-electron chi connectivity index (χ4n) is 3.56. The molecule has 1 heterocycles. The molecule has 3 aromatic rings. The van der Waals surface area contributed by atoms with E-state index in [9.17, 15) is 22.7 Å². The number of nitrogens with zero attached hydrogens (tertiary/aromatic N) is 1. The van der Waals surface area contributed by atoms with E-state index in [2.05, 4.69) is 0 Å². The molecule has 7 nitrogen and oxygen atoms in total. The van der Waals surface area contributed by atoms with Gasteiger partial charge in [-0.15, -0.1) is 0 Å². The van der Waals surface area contributed by atoms with Crippen molar-refractivity contribution in [3.05, 3.63) is 76.0 Å². The molecule has 3 aromatic carbocycles. The summed E-state index contributed by atoms with van der Waals surface area (Å²) in [6.07, 6.45) is -2.40. The van der Waals surface area contributed by atoms with Gasteiger partial charge in [-0.2, -0.15) is 8.42 Å². The van der Waals surface area contributed by atoms with Crippen LogP contribution in [0.25, 0.3) is 11.1 Å². The highest BCUT2D eigenvalue weighted by Crippen LogP contribution is 2.47. The van der Waals surface area contributed by atoms with Gasteiger partial charge in [0, 0.05) is 17.2 Å². The average molecular weight is 526 g/mol. The fraction of sp³-hybridized carbons (Fsp3) is 0.174. The maximum atomic E-state index is 14.5. The number of aryl methyl sites for hydroxylation is 1. The summed E-state index contributed by atoms with van der Waals surface area (Å²) in [4.78, 5) is 12.8. The lowest BCUT2D eigenvalue weighted by atomic mass is 10.0. The molecule has 0 fully saturated rings. The molecule has 1 aliphatic rings.